The van der Waals surface area contributed by atoms with Crippen LogP contribution in [0.1, 0.15) is 9.67 Å². The van der Waals surface area contributed by atoms with Gasteiger partial charge in [-0.1, -0.05) is 17.7 Å². The number of ketones is 1. The topological polar surface area (TPSA) is 39.2 Å². The first-order valence-electron chi connectivity index (χ1n) is 6.09. The fourth-order valence-electron chi connectivity index (χ4n) is 1.93. The number of aromatic nitrogens is 1. The monoisotopic (exact) mass is 429 g/mol. The molecule has 3 aromatic rings. The number of nitrogens with zero attached hydrogens (tertiary/aromatic N) is 1. The van der Waals surface area contributed by atoms with E-state index in [0.29, 0.717) is 21.2 Å². The minimum atomic E-state index is -0.0418. The number of pyridine rings is 1. The molecule has 0 bridgehead atoms. The molecule has 0 unspecified atom stereocenters. The molecule has 0 saturated carbocycles. The Morgan fingerprint density at radius 1 is 1.38 bits per heavy atom. The Morgan fingerprint density at radius 2 is 2.24 bits per heavy atom. The van der Waals surface area contributed by atoms with E-state index in [2.05, 4.69) is 27.6 Å². The molecule has 21 heavy (non-hydrogen) atoms. The minimum absolute atomic E-state index is 0.0101. The van der Waals surface area contributed by atoms with Gasteiger partial charge in [-0.25, -0.2) is 0 Å². The standard InChI is InChI=1S/C15H9ClINO2S/c16-10-7-11(17)15(14-9(10)3-1-5-18-14)20-8-12(19)13-4-2-6-21-13/h1-7H,8H2. The molecule has 0 N–H and O–H groups in total. The maximum Gasteiger partial charge on any atom is 0.210 e. The number of halogens is 2. The van der Waals surface area contributed by atoms with Crippen molar-refractivity contribution in [1.29, 1.82) is 0 Å². The molecule has 2 heterocycles. The van der Waals surface area contributed by atoms with Crippen LogP contribution in [0.2, 0.25) is 5.02 Å². The largest absolute Gasteiger partial charge is 0.482 e. The Labute approximate surface area is 144 Å². The van der Waals surface area contributed by atoms with Gasteiger partial charge in [0.15, 0.2) is 12.4 Å². The summed E-state index contributed by atoms with van der Waals surface area (Å²) in [7, 11) is 0. The predicted octanol–water partition coefficient (Wildman–Crippen LogP) is 4.82. The van der Waals surface area contributed by atoms with Crippen molar-refractivity contribution in [2.75, 3.05) is 6.61 Å². The fraction of sp³-hybridized carbons (Fsp3) is 0.0667. The van der Waals surface area contributed by atoms with Crippen molar-refractivity contribution in [2.45, 2.75) is 0 Å². The van der Waals surface area contributed by atoms with Gasteiger partial charge in [0.2, 0.25) is 5.78 Å². The van der Waals surface area contributed by atoms with Crippen LogP contribution in [0.25, 0.3) is 10.9 Å². The highest BCUT2D eigenvalue weighted by molar-refractivity contribution is 14.1. The van der Waals surface area contributed by atoms with Gasteiger partial charge in [-0.05, 0) is 52.2 Å². The third-order valence-corrected chi connectivity index (χ3v) is 4.92. The molecule has 106 valence electrons. The zero-order chi connectivity index (χ0) is 14.8. The first kappa shape index (κ1) is 14.7. The molecule has 1 aromatic carbocycles. The third kappa shape index (κ3) is 3.04. The second-order valence-corrected chi connectivity index (χ2v) is 6.78. The normalized spacial score (nSPS) is 10.8. The van der Waals surface area contributed by atoms with Gasteiger partial charge in [-0.15, -0.1) is 11.3 Å². The van der Waals surface area contributed by atoms with Crippen molar-refractivity contribution in [3.8, 4) is 5.75 Å². The van der Waals surface area contributed by atoms with Crippen LogP contribution in [0.5, 0.6) is 5.75 Å². The Bertz CT molecular complexity index is 805. The Morgan fingerprint density at radius 3 is 3.00 bits per heavy atom. The lowest BCUT2D eigenvalue weighted by atomic mass is 10.2. The molecule has 0 aliphatic carbocycles. The SMILES string of the molecule is O=C(COc1c(I)cc(Cl)c2cccnc12)c1cccs1. The van der Waals surface area contributed by atoms with Crippen molar-refractivity contribution in [1.82, 2.24) is 4.98 Å². The molecule has 2 aromatic heterocycles. The van der Waals surface area contributed by atoms with Gasteiger partial charge in [0.25, 0.3) is 0 Å². The molecular formula is C15H9ClINO2S. The van der Waals surface area contributed by atoms with Crippen LogP contribution >= 0.6 is 45.5 Å². The maximum atomic E-state index is 12.0. The summed E-state index contributed by atoms with van der Waals surface area (Å²) in [5, 5.41) is 3.31. The molecule has 3 rings (SSSR count). The van der Waals surface area contributed by atoms with Crippen molar-refractivity contribution in [3.63, 3.8) is 0 Å². The molecule has 6 heteroatoms. The van der Waals surface area contributed by atoms with Gasteiger partial charge in [0.1, 0.15) is 5.52 Å². The number of hydrogen-bond acceptors (Lipinski definition) is 4. The van der Waals surface area contributed by atoms with Gasteiger partial charge >= 0.3 is 0 Å². The lowest BCUT2D eigenvalue weighted by Crippen LogP contribution is -2.11. The van der Waals surface area contributed by atoms with Crippen LogP contribution in [0, 0.1) is 3.57 Å². The molecular weight excluding hydrogens is 421 g/mol. The van der Waals surface area contributed by atoms with E-state index >= 15 is 0 Å². The average molecular weight is 430 g/mol. The number of thiophene rings is 1. The van der Waals surface area contributed by atoms with Crippen LogP contribution < -0.4 is 4.74 Å². The van der Waals surface area contributed by atoms with Crippen molar-refractivity contribution in [2.24, 2.45) is 0 Å². The predicted molar refractivity (Wildman–Crippen MR) is 93.6 cm³/mol. The number of carbonyl (C=O) groups excluding carboxylic acids is 1. The molecule has 0 amide bonds. The number of benzene rings is 1. The first-order chi connectivity index (χ1) is 10.2. The molecule has 0 atom stereocenters. The average Bonchev–Trinajstić information content (AvgIpc) is 3.01. The second-order valence-electron chi connectivity index (χ2n) is 4.26. The summed E-state index contributed by atoms with van der Waals surface area (Å²) in [6.45, 7) is -0.0101. The first-order valence-corrected chi connectivity index (χ1v) is 8.42. The smallest absolute Gasteiger partial charge is 0.210 e. The van der Waals surface area contributed by atoms with Gasteiger partial charge in [0.05, 0.1) is 13.5 Å². The van der Waals surface area contributed by atoms with Crippen LogP contribution in [-0.2, 0) is 0 Å². The molecule has 0 aliphatic heterocycles. The van der Waals surface area contributed by atoms with Crippen LogP contribution in [0.4, 0.5) is 0 Å². The highest BCUT2D eigenvalue weighted by Crippen LogP contribution is 2.34. The summed E-state index contributed by atoms with van der Waals surface area (Å²) < 4.78 is 6.56. The van der Waals surface area contributed by atoms with Crippen molar-refractivity contribution >= 4 is 62.2 Å². The molecule has 3 nitrogen and oxygen atoms in total. The number of rotatable bonds is 4. The van der Waals surface area contributed by atoms with Gasteiger partial charge < -0.3 is 4.74 Å². The lowest BCUT2D eigenvalue weighted by molar-refractivity contribution is 0.0926. The minimum Gasteiger partial charge on any atom is -0.482 e. The lowest BCUT2D eigenvalue weighted by Gasteiger charge is -2.11. The summed E-state index contributed by atoms with van der Waals surface area (Å²) in [6, 6.07) is 9.16. The number of carbonyl (C=O) groups is 1. The van der Waals surface area contributed by atoms with E-state index in [-0.39, 0.29) is 12.4 Å². The number of hydrogen-bond donors (Lipinski definition) is 0. The Balaban J connectivity index is 1.92. The van der Waals surface area contributed by atoms with Crippen LogP contribution in [0.3, 0.4) is 0 Å². The summed E-state index contributed by atoms with van der Waals surface area (Å²) in [5.74, 6) is 0.556. The van der Waals surface area contributed by atoms with E-state index < -0.39 is 0 Å². The molecule has 0 spiro atoms. The van der Waals surface area contributed by atoms with Gasteiger partial charge in [-0.2, -0.15) is 0 Å². The molecule has 0 aliphatic rings. The Kier molecular flexibility index (Phi) is 4.42. The van der Waals surface area contributed by atoms with E-state index in [1.54, 1.807) is 12.3 Å². The number of Topliss-reactive ketones (excluding diaryl/α,β-unsaturated/α-hetero) is 1. The van der Waals surface area contributed by atoms with E-state index in [0.717, 1.165) is 8.96 Å². The summed E-state index contributed by atoms with van der Waals surface area (Å²) >= 11 is 9.76. The van der Waals surface area contributed by atoms with Crippen molar-refractivity contribution in [3.05, 3.63) is 55.4 Å². The van der Waals surface area contributed by atoms with Crippen molar-refractivity contribution < 1.29 is 9.53 Å². The second kappa shape index (κ2) is 6.29. The van der Waals surface area contributed by atoms with E-state index in [1.807, 2.05) is 29.6 Å². The molecule has 0 radical (unpaired) electrons. The highest BCUT2D eigenvalue weighted by atomic mass is 127. The van der Waals surface area contributed by atoms with Crippen LogP contribution in [0.15, 0.2) is 41.9 Å². The van der Waals surface area contributed by atoms with E-state index in [9.17, 15) is 4.79 Å². The van der Waals surface area contributed by atoms with E-state index in [4.69, 9.17) is 16.3 Å². The fourth-order valence-corrected chi connectivity index (χ4v) is 3.75. The van der Waals surface area contributed by atoms with Gasteiger partial charge in [-0.3, -0.25) is 9.78 Å². The summed E-state index contributed by atoms with van der Waals surface area (Å²) in [4.78, 5) is 17.0. The quantitative estimate of drug-likeness (QED) is 0.441. The number of ether oxygens (including phenoxy) is 1. The maximum absolute atomic E-state index is 12.0. The summed E-state index contributed by atoms with van der Waals surface area (Å²) in [5.41, 5.74) is 0.674. The van der Waals surface area contributed by atoms with Gasteiger partial charge in [0, 0.05) is 11.6 Å². The zero-order valence-corrected chi connectivity index (χ0v) is 14.4. The highest BCUT2D eigenvalue weighted by Gasteiger charge is 2.14. The summed E-state index contributed by atoms with van der Waals surface area (Å²) in [6.07, 6.45) is 1.68. The van der Waals surface area contributed by atoms with E-state index in [1.165, 1.54) is 11.3 Å². The van der Waals surface area contributed by atoms with Crippen LogP contribution in [-0.4, -0.2) is 17.4 Å². The molecule has 0 fully saturated rings. The number of fused-ring (bicyclic) bond motifs is 1. The third-order valence-electron chi connectivity index (χ3n) is 2.89. The molecule has 0 saturated heterocycles. The zero-order valence-electron chi connectivity index (χ0n) is 10.7. The Hall–Kier alpha value is -1.18.